The normalized spacial score (nSPS) is 27.0. The summed E-state index contributed by atoms with van der Waals surface area (Å²) >= 11 is 1.68. The van der Waals surface area contributed by atoms with Crippen LogP contribution in [0.15, 0.2) is 0 Å². The first-order valence-electron chi connectivity index (χ1n) is 4.85. The molecule has 0 heterocycles. The largest absolute Gasteiger partial charge is 0.463 e. The molecule has 0 N–H and O–H groups in total. The standard InChI is InChI=1S/C10H16O3S/c1-13-10(12)9(11)7-5-3-4-6-8(7)14-2/h7-8H,3-6H2,1-2H3. The monoisotopic (exact) mass is 216 g/mol. The fraction of sp³-hybridized carbons (Fsp3) is 0.800. The lowest BCUT2D eigenvalue weighted by molar-refractivity contribution is -0.153. The zero-order valence-electron chi connectivity index (χ0n) is 8.62. The van der Waals surface area contributed by atoms with Crippen molar-refractivity contribution < 1.29 is 14.3 Å². The molecular weight excluding hydrogens is 200 g/mol. The van der Waals surface area contributed by atoms with Crippen molar-refractivity contribution in [2.75, 3.05) is 13.4 Å². The van der Waals surface area contributed by atoms with E-state index < -0.39 is 5.97 Å². The minimum Gasteiger partial charge on any atom is -0.463 e. The Labute approximate surface area is 88.6 Å². The number of rotatable bonds is 3. The lowest BCUT2D eigenvalue weighted by Crippen LogP contribution is -2.34. The van der Waals surface area contributed by atoms with E-state index in [1.54, 1.807) is 11.8 Å². The van der Waals surface area contributed by atoms with Gasteiger partial charge in [0.1, 0.15) is 0 Å². The van der Waals surface area contributed by atoms with E-state index in [1.165, 1.54) is 7.11 Å². The molecule has 0 aromatic carbocycles. The van der Waals surface area contributed by atoms with Crippen LogP contribution < -0.4 is 0 Å². The van der Waals surface area contributed by atoms with Crippen LogP contribution in [-0.4, -0.2) is 30.4 Å². The quantitative estimate of drug-likeness (QED) is 0.531. The minimum absolute atomic E-state index is 0.119. The number of ketones is 1. The average Bonchev–Trinajstić information content (AvgIpc) is 2.26. The average molecular weight is 216 g/mol. The van der Waals surface area contributed by atoms with Gasteiger partial charge in [0.15, 0.2) is 0 Å². The van der Waals surface area contributed by atoms with E-state index in [4.69, 9.17) is 0 Å². The van der Waals surface area contributed by atoms with Gasteiger partial charge in [-0.05, 0) is 19.1 Å². The molecule has 0 bridgehead atoms. The number of hydrogen-bond acceptors (Lipinski definition) is 4. The Balaban J connectivity index is 2.63. The third kappa shape index (κ3) is 2.50. The van der Waals surface area contributed by atoms with Crippen molar-refractivity contribution >= 4 is 23.5 Å². The van der Waals surface area contributed by atoms with Crippen molar-refractivity contribution in [2.45, 2.75) is 30.9 Å². The van der Waals surface area contributed by atoms with E-state index in [2.05, 4.69) is 4.74 Å². The Morgan fingerprint density at radius 2 is 1.93 bits per heavy atom. The molecule has 1 aliphatic rings. The van der Waals surface area contributed by atoms with Gasteiger partial charge in [-0.2, -0.15) is 11.8 Å². The first kappa shape index (κ1) is 11.6. The van der Waals surface area contributed by atoms with E-state index >= 15 is 0 Å². The van der Waals surface area contributed by atoms with Gasteiger partial charge in [0.2, 0.25) is 5.78 Å². The Hall–Kier alpha value is -0.510. The topological polar surface area (TPSA) is 43.4 Å². The zero-order valence-corrected chi connectivity index (χ0v) is 9.43. The van der Waals surface area contributed by atoms with Gasteiger partial charge in [0, 0.05) is 11.2 Å². The van der Waals surface area contributed by atoms with Crippen LogP contribution in [0.25, 0.3) is 0 Å². The molecule has 2 unspecified atom stereocenters. The summed E-state index contributed by atoms with van der Waals surface area (Å²) in [6.07, 6.45) is 6.07. The second kappa shape index (κ2) is 5.39. The highest BCUT2D eigenvalue weighted by Gasteiger charge is 2.34. The number of carbonyl (C=O) groups excluding carboxylic acids is 2. The summed E-state index contributed by atoms with van der Waals surface area (Å²) in [6.45, 7) is 0. The van der Waals surface area contributed by atoms with Crippen LogP contribution in [0.3, 0.4) is 0 Å². The minimum atomic E-state index is -0.684. The summed E-state index contributed by atoms with van der Waals surface area (Å²) in [7, 11) is 1.26. The molecule has 1 rings (SSSR count). The Bertz CT molecular complexity index is 227. The molecule has 0 aliphatic heterocycles. The molecule has 1 saturated carbocycles. The Morgan fingerprint density at radius 1 is 1.29 bits per heavy atom. The van der Waals surface area contributed by atoms with Gasteiger partial charge in [0.25, 0.3) is 0 Å². The van der Waals surface area contributed by atoms with E-state index in [1.807, 2.05) is 6.26 Å². The summed E-state index contributed by atoms with van der Waals surface area (Å²) in [6, 6.07) is 0. The molecule has 1 aliphatic carbocycles. The van der Waals surface area contributed by atoms with Gasteiger partial charge < -0.3 is 4.74 Å². The van der Waals surface area contributed by atoms with Crippen molar-refractivity contribution in [3.05, 3.63) is 0 Å². The van der Waals surface area contributed by atoms with Crippen molar-refractivity contribution in [3.8, 4) is 0 Å². The van der Waals surface area contributed by atoms with Gasteiger partial charge in [0.05, 0.1) is 7.11 Å². The molecule has 80 valence electrons. The number of ether oxygens (including phenoxy) is 1. The van der Waals surface area contributed by atoms with Crippen molar-refractivity contribution in [1.29, 1.82) is 0 Å². The fourth-order valence-corrected chi connectivity index (χ4v) is 2.92. The first-order valence-corrected chi connectivity index (χ1v) is 6.14. The van der Waals surface area contributed by atoms with Gasteiger partial charge in [-0.1, -0.05) is 12.8 Å². The van der Waals surface area contributed by atoms with Crippen LogP contribution in [0, 0.1) is 5.92 Å². The highest BCUT2D eigenvalue weighted by molar-refractivity contribution is 7.99. The molecule has 0 radical (unpaired) electrons. The SMILES string of the molecule is COC(=O)C(=O)C1CCCCC1SC. The van der Waals surface area contributed by atoms with Gasteiger partial charge >= 0.3 is 5.97 Å². The van der Waals surface area contributed by atoms with Crippen LogP contribution in [0.5, 0.6) is 0 Å². The number of hydrogen-bond donors (Lipinski definition) is 0. The van der Waals surface area contributed by atoms with E-state index in [9.17, 15) is 9.59 Å². The lowest BCUT2D eigenvalue weighted by atomic mass is 9.85. The summed E-state index contributed by atoms with van der Waals surface area (Å²) in [5, 5.41) is 0.301. The maximum Gasteiger partial charge on any atom is 0.374 e. The first-order chi connectivity index (χ1) is 6.70. The van der Waals surface area contributed by atoms with E-state index in [0.717, 1.165) is 25.7 Å². The highest BCUT2D eigenvalue weighted by atomic mass is 32.2. The van der Waals surface area contributed by atoms with Crippen LogP contribution in [0.2, 0.25) is 0 Å². The van der Waals surface area contributed by atoms with E-state index in [-0.39, 0.29) is 11.7 Å². The Morgan fingerprint density at radius 3 is 2.50 bits per heavy atom. The molecule has 3 nitrogen and oxygen atoms in total. The lowest BCUT2D eigenvalue weighted by Gasteiger charge is -2.27. The van der Waals surface area contributed by atoms with Crippen molar-refractivity contribution in [3.63, 3.8) is 0 Å². The third-order valence-corrected chi connectivity index (χ3v) is 3.90. The summed E-state index contributed by atoms with van der Waals surface area (Å²) in [5.74, 6) is -1.14. The number of esters is 1. The maximum absolute atomic E-state index is 11.6. The molecule has 0 aromatic heterocycles. The predicted octanol–water partition coefficient (Wildman–Crippen LogP) is 1.65. The molecule has 0 saturated heterocycles. The van der Waals surface area contributed by atoms with Crippen LogP contribution in [-0.2, 0) is 14.3 Å². The number of thioether (sulfide) groups is 1. The molecule has 14 heavy (non-hydrogen) atoms. The number of Topliss-reactive ketones (excluding diaryl/α,β-unsaturated/α-hetero) is 1. The molecule has 4 heteroatoms. The van der Waals surface area contributed by atoms with Gasteiger partial charge in [-0.15, -0.1) is 0 Å². The number of methoxy groups -OCH3 is 1. The van der Waals surface area contributed by atoms with Crippen LogP contribution in [0.1, 0.15) is 25.7 Å². The van der Waals surface area contributed by atoms with Crippen LogP contribution >= 0.6 is 11.8 Å². The highest BCUT2D eigenvalue weighted by Crippen LogP contribution is 2.32. The molecular formula is C10H16O3S. The Kier molecular flexibility index (Phi) is 4.45. The van der Waals surface area contributed by atoms with Crippen LogP contribution in [0.4, 0.5) is 0 Å². The molecule has 2 atom stereocenters. The molecule has 0 amide bonds. The fourth-order valence-electron chi connectivity index (χ4n) is 1.93. The number of carbonyl (C=O) groups is 2. The van der Waals surface area contributed by atoms with E-state index in [0.29, 0.717) is 5.25 Å². The molecule has 1 fully saturated rings. The summed E-state index contributed by atoms with van der Waals surface area (Å²) < 4.78 is 4.46. The smallest absolute Gasteiger partial charge is 0.374 e. The van der Waals surface area contributed by atoms with Gasteiger partial charge in [-0.25, -0.2) is 4.79 Å². The maximum atomic E-state index is 11.6. The molecule has 0 aromatic rings. The zero-order chi connectivity index (χ0) is 10.6. The van der Waals surface area contributed by atoms with Gasteiger partial charge in [-0.3, -0.25) is 4.79 Å². The summed E-state index contributed by atoms with van der Waals surface area (Å²) in [4.78, 5) is 22.7. The predicted molar refractivity (Wildman–Crippen MR) is 56.3 cm³/mol. The summed E-state index contributed by atoms with van der Waals surface area (Å²) in [5.41, 5.74) is 0. The second-order valence-electron chi connectivity index (χ2n) is 3.52. The van der Waals surface area contributed by atoms with Crippen molar-refractivity contribution in [1.82, 2.24) is 0 Å². The third-order valence-electron chi connectivity index (χ3n) is 2.73. The molecule has 0 spiro atoms. The van der Waals surface area contributed by atoms with Crippen molar-refractivity contribution in [2.24, 2.45) is 5.92 Å². The second-order valence-corrected chi connectivity index (χ2v) is 4.60.